The second-order valence-corrected chi connectivity index (χ2v) is 8.17. The third kappa shape index (κ3) is 9.97. The minimum atomic E-state index is -0.537. The van der Waals surface area contributed by atoms with Crippen LogP contribution in [0.1, 0.15) is 39.2 Å². The molecule has 0 spiro atoms. The van der Waals surface area contributed by atoms with Gasteiger partial charge >= 0.3 is 6.09 Å². The SMILES string of the molecule is CN=C(NCCCN(Cc1cccnc1)C(=O)OC(C)(C)C)NCCCn1cccn1. The molecule has 1 amide bonds. The third-order valence-electron chi connectivity index (χ3n) is 4.28. The van der Waals surface area contributed by atoms with E-state index in [1.807, 2.05) is 49.8 Å². The van der Waals surface area contributed by atoms with Gasteiger partial charge in [-0.05, 0) is 51.3 Å². The number of rotatable bonds is 10. The maximum absolute atomic E-state index is 12.6. The Labute approximate surface area is 184 Å². The Kier molecular flexibility index (Phi) is 9.80. The van der Waals surface area contributed by atoms with E-state index in [2.05, 4.69) is 25.7 Å². The fraction of sp³-hybridized carbons (Fsp3) is 0.545. The number of hydrogen-bond donors (Lipinski definition) is 2. The van der Waals surface area contributed by atoms with E-state index in [1.165, 1.54) is 0 Å². The average molecular weight is 430 g/mol. The lowest BCUT2D eigenvalue weighted by Crippen LogP contribution is -2.41. The van der Waals surface area contributed by atoms with Crippen molar-refractivity contribution in [3.05, 3.63) is 48.5 Å². The van der Waals surface area contributed by atoms with Crippen LogP contribution in [0, 0.1) is 0 Å². The quantitative estimate of drug-likeness (QED) is 0.342. The molecule has 0 bridgehead atoms. The summed E-state index contributed by atoms with van der Waals surface area (Å²) in [6, 6.07) is 5.74. The highest BCUT2D eigenvalue weighted by Gasteiger charge is 2.22. The van der Waals surface area contributed by atoms with Gasteiger partial charge in [0, 0.05) is 58.0 Å². The van der Waals surface area contributed by atoms with Crippen molar-refractivity contribution in [3.8, 4) is 0 Å². The van der Waals surface area contributed by atoms with Gasteiger partial charge in [-0.2, -0.15) is 5.10 Å². The lowest BCUT2D eigenvalue weighted by Gasteiger charge is -2.27. The summed E-state index contributed by atoms with van der Waals surface area (Å²) in [5.74, 6) is 0.747. The Balaban J connectivity index is 1.75. The molecule has 0 radical (unpaired) electrons. The molecule has 170 valence electrons. The Hall–Kier alpha value is -3.10. The molecule has 2 aromatic rings. The number of ether oxygens (including phenoxy) is 1. The number of guanidine groups is 1. The largest absolute Gasteiger partial charge is 0.444 e. The van der Waals surface area contributed by atoms with E-state index in [9.17, 15) is 4.79 Å². The molecule has 9 heteroatoms. The summed E-state index contributed by atoms with van der Waals surface area (Å²) >= 11 is 0. The fourth-order valence-corrected chi connectivity index (χ4v) is 2.85. The molecule has 2 N–H and O–H groups in total. The Morgan fingerprint density at radius 2 is 1.97 bits per heavy atom. The molecule has 0 aliphatic rings. The number of nitrogens with one attached hydrogen (secondary N) is 2. The van der Waals surface area contributed by atoms with Crippen LogP contribution in [0.25, 0.3) is 0 Å². The minimum Gasteiger partial charge on any atom is -0.444 e. The number of aliphatic imine (C=N–C) groups is 1. The number of nitrogens with zero attached hydrogens (tertiary/aromatic N) is 5. The molecule has 0 saturated carbocycles. The number of amides is 1. The molecule has 9 nitrogen and oxygen atoms in total. The van der Waals surface area contributed by atoms with Crippen molar-refractivity contribution in [1.82, 2.24) is 30.3 Å². The Morgan fingerprint density at radius 3 is 2.58 bits per heavy atom. The summed E-state index contributed by atoms with van der Waals surface area (Å²) in [4.78, 5) is 22.7. The zero-order valence-corrected chi connectivity index (χ0v) is 19.0. The molecular weight excluding hydrogens is 394 g/mol. The number of carbonyl (C=O) groups excluding carboxylic acids is 1. The van der Waals surface area contributed by atoms with Crippen LogP contribution in [0.5, 0.6) is 0 Å². The molecule has 0 unspecified atom stereocenters. The normalized spacial score (nSPS) is 11.8. The maximum Gasteiger partial charge on any atom is 0.410 e. The molecule has 2 rings (SSSR count). The predicted octanol–water partition coefficient (Wildman–Crippen LogP) is 2.66. The van der Waals surface area contributed by atoms with Gasteiger partial charge in [-0.25, -0.2) is 4.79 Å². The molecule has 2 aromatic heterocycles. The number of hydrogen-bond acceptors (Lipinski definition) is 5. The van der Waals surface area contributed by atoms with E-state index in [-0.39, 0.29) is 6.09 Å². The van der Waals surface area contributed by atoms with Gasteiger partial charge in [0.2, 0.25) is 0 Å². The van der Waals surface area contributed by atoms with Gasteiger partial charge in [0.1, 0.15) is 5.60 Å². The second-order valence-electron chi connectivity index (χ2n) is 8.17. The van der Waals surface area contributed by atoms with Crippen LogP contribution in [0.4, 0.5) is 4.79 Å². The minimum absolute atomic E-state index is 0.322. The van der Waals surface area contributed by atoms with E-state index >= 15 is 0 Å². The summed E-state index contributed by atoms with van der Waals surface area (Å²) in [5, 5.41) is 10.8. The van der Waals surface area contributed by atoms with Crippen LogP contribution >= 0.6 is 0 Å². The summed E-state index contributed by atoms with van der Waals surface area (Å²) in [6.45, 7) is 8.98. The van der Waals surface area contributed by atoms with Crippen LogP contribution in [0.15, 0.2) is 48.0 Å². The van der Waals surface area contributed by atoms with Crippen LogP contribution in [0.2, 0.25) is 0 Å². The molecule has 0 atom stereocenters. The topological polar surface area (TPSA) is 96.7 Å². The van der Waals surface area contributed by atoms with E-state index in [0.717, 1.165) is 37.5 Å². The monoisotopic (exact) mass is 429 g/mol. The highest BCUT2D eigenvalue weighted by atomic mass is 16.6. The molecule has 0 aliphatic carbocycles. The first kappa shape index (κ1) is 24.2. The van der Waals surface area contributed by atoms with Gasteiger partial charge < -0.3 is 20.3 Å². The molecule has 0 aliphatic heterocycles. The Morgan fingerprint density at radius 1 is 1.19 bits per heavy atom. The van der Waals surface area contributed by atoms with E-state index in [1.54, 1.807) is 30.5 Å². The second kappa shape index (κ2) is 12.6. The van der Waals surface area contributed by atoms with Crippen LogP contribution < -0.4 is 10.6 Å². The van der Waals surface area contributed by atoms with Crippen molar-refractivity contribution in [3.63, 3.8) is 0 Å². The molecule has 0 saturated heterocycles. The van der Waals surface area contributed by atoms with Gasteiger partial charge in [-0.3, -0.25) is 14.7 Å². The molecule has 31 heavy (non-hydrogen) atoms. The Bertz CT molecular complexity index is 786. The zero-order chi connectivity index (χ0) is 22.5. The summed E-state index contributed by atoms with van der Waals surface area (Å²) in [6.07, 6.45) is 8.60. The first-order valence-electron chi connectivity index (χ1n) is 10.7. The summed E-state index contributed by atoms with van der Waals surface area (Å²) in [5.41, 5.74) is 0.431. The van der Waals surface area contributed by atoms with Gasteiger partial charge in [-0.15, -0.1) is 0 Å². The summed E-state index contributed by atoms with van der Waals surface area (Å²) < 4.78 is 7.48. The van der Waals surface area contributed by atoms with E-state index < -0.39 is 5.60 Å². The van der Waals surface area contributed by atoms with Crippen molar-refractivity contribution in [2.75, 3.05) is 26.7 Å². The third-order valence-corrected chi connectivity index (χ3v) is 4.28. The van der Waals surface area contributed by atoms with Crippen molar-refractivity contribution >= 4 is 12.1 Å². The van der Waals surface area contributed by atoms with Gasteiger partial charge in [-0.1, -0.05) is 6.07 Å². The number of pyridine rings is 1. The molecular formula is C22H35N7O2. The number of carbonyl (C=O) groups is 1. The smallest absolute Gasteiger partial charge is 0.410 e. The van der Waals surface area contributed by atoms with Crippen molar-refractivity contribution < 1.29 is 9.53 Å². The predicted molar refractivity (Wildman–Crippen MR) is 122 cm³/mol. The highest BCUT2D eigenvalue weighted by Crippen LogP contribution is 2.12. The highest BCUT2D eigenvalue weighted by molar-refractivity contribution is 5.79. The lowest BCUT2D eigenvalue weighted by atomic mass is 10.2. The van der Waals surface area contributed by atoms with Crippen LogP contribution in [-0.2, 0) is 17.8 Å². The molecule has 0 aromatic carbocycles. The van der Waals surface area contributed by atoms with E-state index in [0.29, 0.717) is 19.6 Å². The van der Waals surface area contributed by atoms with Crippen LogP contribution in [0.3, 0.4) is 0 Å². The lowest BCUT2D eigenvalue weighted by molar-refractivity contribution is 0.0232. The maximum atomic E-state index is 12.6. The zero-order valence-electron chi connectivity index (χ0n) is 19.0. The van der Waals surface area contributed by atoms with Crippen molar-refractivity contribution in [1.29, 1.82) is 0 Å². The van der Waals surface area contributed by atoms with Crippen molar-refractivity contribution in [2.24, 2.45) is 4.99 Å². The first-order valence-corrected chi connectivity index (χ1v) is 10.7. The average Bonchev–Trinajstić information content (AvgIpc) is 3.24. The van der Waals surface area contributed by atoms with Crippen molar-refractivity contribution in [2.45, 2.75) is 52.3 Å². The number of aryl methyl sites for hydroxylation is 1. The first-order chi connectivity index (χ1) is 14.9. The fourth-order valence-electron chi connectivity index (χ4n) is 2.85. The van der Waals surface area contributed by atoms with Gasteiger partial charge in [0.25, 0.3) is 0 Å². The van der Waals surface area contributed by atoms with Gasteiger partial charge in [0.15, 0.2) is 5.96 Å². The summed E-state index contributed by atoms with van der Waals surface area (Å²) in [7, 11) is 1.75. The van der Waals surface area contributed by atoms with Gasteiger partial charge in [0.05, 0.1) is 6.54 Å². The molecule has 0 fully saturated rings. The van der Waals surface area contributed by atoms with Crippen LogP contribution in [-0.4, -0.2) is 64.0 Å². The number of aromatic nitrogens is 3. The molecule has 2 heterocycles. The van der Waals surface area contributed by atoms with E-state index in [4.69, 9.17) is 4.74 Å². The standard InChI is InChI=1S/C22H35N7O2/c1-22(2,3)31-21(30)28(18-19-9-5-10-24-17-19)14-6-11-25-20(23-4)26-12-7-15-29-16-8-13-27-29/h5,8-10,13,16-17H,6-7,11-12,14-15,18H2,1-4H3,(H2,23,25,26).